The van der Waals surface area contributed by atoms with Crippen molar-refractivity contribution in [1.29, 1.82) is 0 Å². The molecule has 0 bridgehead atoms. The lowest BCUT2D eigenvalue weighted by Crippen LogP contribution is -2.57. The van der Waals surface area contributed by atoms with Crippen molar-refractivity contribution in [2.45, 2.75) is 51.0 Å². The third-order valence-corrected chi connectivity index (χ3v) is 9.42. The molecule has 180 valence electrons. The van der Waals surface area contributed by atoms with Crippen LogP contribution in [0.3, 0.4) is 0 Å². The smallest absolute Gasteiger partial charge is 0.282 e. The fourth-order valence-corrected chi connectivity index (χ4v) is 6.96. The Bertz CT molecular complexity index is 995. The van der Waals surface area contributed by atoms with Gasteiger partial charge < -0.3 is 4.90 Å². The molecule has 1 aromatic rings. The molecule has 1 aromatic carbocycles. The summed E-state index contributed by atoms with van der Waals surface area (Å²) in [6.07, 6.45) is 2.10. The number of benzene rings is 1. The van der Waals surface area contributed by atoms with Gasteiger partial charge in [-0.1, -0.05) is 31.5 Å². The number of aryl methyl sites for hydroxylation is 1. The van der Waals surface area contributed by atoms with Gasteiger partial charge in [-0.15, -0.1) is 0 Å². The molecule has 9 nitrogen and oxygen atoms in total. The molecule has 1 N–H and O–H groups in total. The lowest BCUT2D eigenvalue weighted by Gasteiger charge is -2.37. The van der Waals surface area contributed by atoms with Gasteiger partial charge >= 0.3 is 0 Å². The van der Waals surface area contributed by atoms with Crippen LogP contribution in [0.25, 0.3) is 0 Å². The molecule has 1 unspecified atom stereocenters. The van der Waals surface area contributed by atoms with Crippen molar-refractivity contribution >= 4 is 26.1 Å². The molecule has 1 amide bonds. The van der Waals surface area contributed by atoms with Crippen LogP contribution < -0.4 is 4.72 Å². The van der Waals surface area contributed by atoms with E-state index in [-0.39, 0.29) is 42.9 Å². The number of hydrogen-bond acceptors (Lipinski definition) is 5. The second kappa shape index (κ2) is 10.2. The van der Waals surface area contributed by atoms with Crippen LogP contribution in [0.15, 0.2) is 29.2 Å². The van der Waals surface area contributed by atoms with Crippen LogP contribution in [-0.2, 0) is 25.0 Å². The Morgan fingerprint density at radius 1 is 0.906 bits per heavy atom. The van der Waals surface area contributed by atoms with Crippen LogP contribution in [-0.4, -0.2) is 81.6 Å². The zero-order valence-electron chi connectivity index (χ0n) is 19.0. The van der Waals surface area contributed by atoms with Gasteiger partial charge in [0, 0.05) is 39.3 Å². The van der Waals surface area contributed by atoms with E-state index in [0.29, 0.717) is 19.5 Å². The van der Waals surface area contributed by atoms with Gasteiger partial charge in [0.2, 0.25) is 15.9 Å². The molecule has 1 atom stereocenters. The molecule has 0 aliphatic carbocycles. The Hall–Kier alpha value is -1.53. The summed E-state index contributed by atoms with van der Waals surface area (Å²) in [6.45, 7) is 7.73. The van der Waals surface area contributed by atoms with Crippen LogP contribution in [0.1, 0.15) is 38.7 Å². The predicted octanol–water partition coefficient (Wildman–Crippen LogP) is 1.17. The number of sulfonamides is 1. The minimum atomic E-state index is -3.86. The van der Waals surface area contributed by atoms with E-state index in [9.17, 15) is 21.6 Å². The van der Waals surface area contributed by atoms with Crippen molar-refractivity contribution < 1.29 is 21.6 Å². The van der Waals surface area contributed by atoms with Gasteiger partial charge in [-0.2, -0.15) is 21.8 Å². The van der Waals surface area contributed by atoms with Crippen LogP contribution in [0.2, 0.25) is 0 Å². The van der Waals surface area contributed by atoms with Crippen LogP contribution in [0.5, 0.6) is 0 Å². The van der Waals surface area contributed by atoms with E-state index in [2.05, 4.69) is 4.72 Å². The van der Waals surface area contributed by atoms with E-state index in [1.54, 1.807) is 17.0 Å². The van der Waals surface area contributed by atoms with Crippen molar-refractivity contribution in [2.75, 3.05) is 39.3 Å². The summed E-state index contributed by atoms with van der Waals surface area (Å²) in [5, 5.41) is 0. The predicted molar refractivity (Wildman–Crippen MR) is 123 cm³/mol. The standard InChI is InChI=1S/C21H34N4O5S2/c1-17(2)16-20(22-31(27,28)19-8-6-18(3)7-9-19)21(26)23-12-14-25(15-13-23)32(29,30)24-10-4-5-11-24/h6-9,17,20,22H,4-5,10-16H2,1-3H3. The summed E-state index contributed by atoms with van der Waals surface area (Å²) in [5.74, 6) is -0.214. The van der Waals surface area contributed by atoms with Gasteiger partial charge in [-0.3, -0.25) is 4.79 Å². The highest BCUT2D eigenvalue weighted by atomic mass is 32.2. The summed E-state index contributed by atoms with van der Waals surface area (Å²) in [5.41, 5.74) is 0.945. The van der Waals surface area contributed by atoms with Crippen molar-refractivity contribution in [3.05, 3.63) is 29.8 Å². The van der Waals surface area contributed by atoms with Crippen LogP contribution >= 0.6 is 0 Å². The zero-order valence-corrected chi connectivity index (χ0v) is 20.7. The molecule has 2 saturated heterocycles. The quantitative estimate of drug-likeness (QED) is 0.594. The van der Waals surface area contributed by atoms with Gasteiger partial charge in [0.1, 0.15) is 6.04 Å². The number of nitrogens with zero attached hydrogens (tertiary/aromatic N) is 3. The average Bonchev–Trinajstić information content (AvgIpc) is 3.28. The molecule has 2 aliphatic rings. The Morgan fingerprint density at radius 2 is 1.44 bits per heavy atom. The van der Waals surface area contributed by atoms with Crippen molar-refractivity contribution in [3.8, 4) is 0 Å². The number of carbonyl (C=O) groups excluding carboxylic acids is 1. The van der Waals surface area contributed by atoms with Gasteiger partial charge in [0.15, 0.2) is 0 Å². The molecule has 11 heteroatoms. The van der Waals surface area contributed by atoms with Crippen LogP contribution in [0.4, 0.5) is 0 Å². The van der Waals surface area contributed by atoms with Crippen molar-refractivity contribution in [3.63, 3.8) is 0 Å². The highest BCUT2D eigenvalue weighted by molar-refractivity contribution is 7.89. The fraction of sp³-hybridized carbons (Fsp3) is 0.667. The van der Waals surface area contributed by atoms with E-state index in [4.69, 9.17) is 0 Å². The first-order valence-electron chi connectivity index (χ1n) is 11.1. The summed E-state index contributed by atoms with van der Waals surface area (Å²) in [7, 11) is -7.36. The summed E-state index contributed by atoms with van der Waals surface area (Å²) >= 11 is 0. The summed E-state index contributed by atoms with van der Waals surface area (Å²) < 4.78 is 56.8. The molecule has 2 heterocycles. The second-order valence-electron chi connectivity index (χ2n) is 8.95. The van der Waals surface area contributed by atoms with E-state index >= 15 is 0 Å². The second-order valence-corrected chi connectivity index (χ2v) is 12.6. The molecule has 3 rings (SSSR count). The Labute approximate surface area is 192 Å². The maximum Gasteiger partial charge on any atom is 0.282 e. The monoisotopic (exact) mass is 486 g/mol. The third-order valence-electron chi connectivity index (χ3n) is 5.90. The van der Waals surface area contributed by atoms with Gasteiger partial charge in [-0.05, 0) is 44.2 Å². The van der Waals surface area contributed by atoms with Crippen molar-refractivity contribution in [1.82, 2.24) is 18.2 Å². The normalized spacial score (nSPS) is 20.1. The van der Waals surface area contributed by atoms with Crippen molar-refractivity contribution in [2.24, 2.45) is 5.92 Å². The number of hydrogen-bond donors (Lipinski definition) is 1. The lowest BCUT2D eigenvalue weighted by atomic mass is 10.0. The lowest BCUT2D eigenvalue weighted by molar-refractivity contribution is -0.134. The highest BCUT2D eigenvalue weighted by Gasteiger charge is 2.37. The van der Waals surface area contributed by atoms with Gasteiger partial charge in [0.25, 0.3) is 10.2 Å². The molecule has 0 spiro atoms. The third kappa shape index (κ3) is 5.88. The number of piperazine rings is 1. The number of nitrogens with one attached hydrogen (secondary N) is 1. The first-order valence-corrected chi connectivity index (χ1v) is 14.0. The molecular formula is C21H34N4O5S2. The maximum absolute atomic E-state index is 13.2. The van der Waals surface area contributed by atoms with Gasteiger partial charge in [-0.25, -0.2) is 8.42 Å². The highest BCUT2D eigenvalue weighted by Crippen LogP contribution is 2.20. The van der Waals surface area contributed by atoms with E-state index in [1.165, 1.54) is 20.7 Å². The minimum Gasteiger partial charge on any atom is -0.339 e. The van der Waals surface area contributed by atoms with E-state index in [0.717, 1.165) is 18.4 Å². The fourth-order valence-electron chi connectivity index (χ4n) is 4.09. The molecule has 0 saturated carbocycles. The molecule has 0 radical (unpaired) electrons. The molecule has 0 aromatic heterocycles. The van der Waals surface area contributed by atoms with E-state index < -0.39 is 26.3 Å². The van der Waals surface area contributed by atoms with Gasteiger partial charge in [0.05, 0.1) is 4.90 Å². The number of rotatable bonds is 8. The average molecular weight is 487 g/mol. The molecule has 2 aliphatic heterocycles. The van der Waals surface area contributed by atoms with E-state index in [1.807, 2.05) is 20.8 Å². The topological polar surface area (TPSA) is 107 Å². The Balaban J connectivity index is 1.68. The Kier molecular flexibility index (Phi) is 7.97. The number of amides is 1. The SMILES string of the molecule is Cc1ccc(S(=O)(=O)NC(CC(C)C)C(=O)N2CCN(S(=O)(=O)N3CCCC3)CC2)cc1. The molecular weight excluding hydrogens is 452 g/mol. The number of carbonyl (C=O) groups is 1. The molecule has 32 heavy (non-hydrogen) atoms. The molecule has 2 fully saturated rings. The largest absolute Gasteiger partial charge is 0.339 e. The summed E-state index contributed by atoms with van der Waals surface area (Å²) in [6, 6.07) is 5.58. The van der Waals surface area contributed by atoms with Crippen LogP contribution in [0, 0.1) is 12.8 Å². The summed E-state index contributed by atoms with van der Waals surface area (Å²) in [4.78, 5) is 14.9. The minimum absolute atomic E-state index is 0.0986. The first kappa shape index (κ1) is 25.1. The zero-order chi connectivity index (χ0) is 23.5. The first-order chi connectivity index (χ1) is 15.0. The Morgan fingerprint density at radius 3 is 1.97 bits per heavy atom. The maximum atomic E-state index is 13.2.